The van der Waals surface area contributed by atoms with Crippen molar-refractivity contribution in [2.24, 2.45) is 4.99 Å². The zero-order valence-corrected chi connectivity index (χ0v) is 16.1. The Hall–Kier alpha value is -2.74. The molecule has 2 aliphatic heterocycles. The summed E-state index contributed by atoms with van der Waals surface area (Å²) in [4.78, 5) is 17.8. The van der Waals surface area contributed by atoms with Crippen molar-refractivity contribution < 1.29 is 14.3 Å². The molecule has 2 N–H and O–H groups in total. The Morgan fingerprint density at radius 1 is 1.18 bits per heavy atom. The van der Waals surface area contributed by atoms with Gasteiger partial charge in [0, 0.05) is 11.1 Å². The minimum absolute atomic E-state index is 0.114. The lowest BCUT2D eigenvalue weighted by molar-refractivity contribution is -0.115. The van der Waals surface area contributed by atoms with E-state index in [9.17, 15) is 4.79 Å². The van der Waals surface area contributed by atoms with Gasteiger partial charge in [0.2, 0.25) is 6.79 Å². The van der Waals surface area contributed by atoms with E-state index in [0.29, 0.717) is 21.9 Å². The highest BCUT2D eigenvalue weighted by Gasteiger charge is 2.26. The molecule has 1 aromatic heterocycles. The summed E-state index contributed by atoms with van der Waals surface area (Å²) >= 11 is 1.40. The van der Waals surface area contributed by atoms with E-state index in [1.165, 1.54) is 31.0 Å². The predicted octanol–water partition coefficient (Wildman–Crippen LogP) is 3.70. The number of fused-ring (bicyclic) bond motifs is 1. The third-order valence-corrected chi connectivity index (χ3v) is 6.07. The van der Waals surface area contributed by atoms with Crippen LogP contribution >= 0.6 is 11.8 Å². The molecular formula is C20H20N4O3S. The summed E-state index contributed by atoms with van der Waals surface area (Å²) < 4.78 is 10.8. The molecule has 0 radical (unpaired) electrons. The number of amides is 1. The van der Waals surface area contributed by atoms with E-state index in [0.717, 1.165) is 35.4 Å². The average Bonchev–Trinajstić information content (AvgIpc) is 3.43. The monoisotopic (exact) mass is 396 g/mol. The van der Waals surface area contributed by atoms with E-state index in [1.807, 2.05) is 24.3 Å². The summed E-state index contributed by atoms with van der Waals surface area (Å²) in [5.74, 6) is 1.33. The number of thioether (sulfide) groups is 1. The molecule has 8 heteroatoms. The van der Waals surface area contributed by atoms with Crippen molar-refractivity contribution in [2.75, 3.05) is 6.79 Å². The third kappa shape index (κ3) is 3.40. The summed E-state index contributed by atoms with van der Waals surface area (Å²) in [6.07, 6.45) is 9.51. The molecule has 1 amide bonds. The maximum absolute atomic E-state index is 12.4. The van der Waals surface area contributed by atoms with E-state index in [-0.39, 0.29) is 12.7 Å². The van der Waals surface area contributed by atoms with Gasteiger partial charge in [-0.1, -0.05) is 19.3 Å². The first-order valence-electron chi connectivity index (χ1n) is 9.48. The number of benzene rings is 1. The highest BCUT2D eigenvalue weighted by molar-refractivity contribution is 8.18. The Labute approximate surface area is 166 Å². The van der Waals surface area contributed by atoms with E-state index >= 15 is 0 Å². The highest BCUT2D eigenvalue weighted by Crippen LogP contribution is 2.37. The Morgan fingerprint density at radius 3 is 2.93 bits per heavy atom. The molecule has 2 aromatic rings. The SMILES string of the molecule is O=C1NC(=NC2CCCCC2)S/C1=C\c1cn[nH]c1-c1ccc2c(c1)OCO2. The number of amidine groups is 1. The number of carbonyl (C=O) groups excluding carboxylic acids is 1. The largest absolute Gasteiger partial charge is 0.454 e. The molecule has 1 aliphatic carbocycles. The number of aromatic nitrogens is 2. The molecule has 28 heavy (non-hydrogen) atoms. The number of nitrogens with one attached hydrogen (secondary N) is 2. The van der Waals surface area contributed by atoms with Crippen LogP contribution in [0.2, 0.25) is 0 Å². The number of H-pyrrole nitrogens is 1. The quantitative estimate of drug-likeness (QED) is 0.773. The van der Waals surface area contributed by atoms with Gasteiger partial charge < -0.3 is 14.8 Å². The number of ether oxygens (including phenoxy) is 2. The second kappa shape index (κ2) is 7.35. The van der Waals surface area contributed by atoms with Gasteiger partial charge in [0.25, 0.3) is 5.91 Å². The first-order valence-corrected chi connectivity index (χ1v) is 10.3. The van der Waals surface area contributed by atoms with Crippen molar-refractivity contribution in [3.05, 3.63) is 34.9 Å². The lowest BCUT2D eigenvalue weighted by atomic mass is 9.96. The lowest BCUT2D eigenvalue weighted by Gasteiger charge is -2.17. The zero-order valence-electron chi connectivity index (χ0n) is 15.2. The molecule has 2 fully saturated rings. The number of hydrogen-bond acceptors (Lipinski definition) is 6. The Bertz CT molecular complexity index is 976. The van der Waals surface area contributed by atoms with Gasteiger partial charge in [0.1, 0.15) is 0 Å². The second-order valence-corrected chi connectivity index (χ2v) is 8.09. The molecule has 1 saturated heterocycles. The summed E-state index contributed by atoms with van der Waals surface area (Å²) in [7, 11) is 0. The van der Waals surface area contributed by atoms with Crippen molar-refractivity contribution in [1.29, 1.82) is 0 Å². The van der Waals surface area contributed by atoms with Gasteiger partial charge in [-0.25, -0.2) is 0 Å². The molecule has 0 atom stereocenters. The molecule has 0 spiro atoms. The Morgan fingerprint density at radius 2 is 2.04 bits per heavy atom. The minimum Gasteiger partial charge on any atom is -0.454 e. The standard InChI is InChI=1S/C20H20N4O3S/c25-19-17(28-20(23-19)22-14-4-2-1-3-5-14)9-13-10-21-24-18(13)12-6-7-15-16(8-12)27-11-26-15/h6-10,14H,1-5,11H2,(H,21,24)(H,22,23,25)/b17-9-. The Balaban J connectivity index is 1.39. The maximum atomic E-state index is 12.4. The van der Waals surface area contributed by atoms with E-state index < -0.39 is 0 Å². The summed E-state index contributed by atoms with van der Waals surface area (Å²) in [5.41, 5.74) is 2.60. The number of nitrogens with zero attached hydrogens (tertiary/aromatic N) is 2. The van der Waals surface area contributed by atoms with Crippen molar-refractivity contribution in [1.82, 2.24) is 15.5 Å². The molecule has 3 heterocycles. The molecule has 1 saturated carbocycles. The molecule has 0 unspecified atom stereocenters. The fourth-order valence-electron chi connectivity index (χ4n) is 3.69. The van der Waals surface area contributed by atoms with Crippen LogP contribution in [0.4, 0.5) is 0 Å². The molecular weight excluding hydrogens is 376 g/mol. The van der Waals surface area contributed by atoms with Crippen molar-refractivity contribution in [2.45, 2.75) is 38.1 Å². The topological polar surface area (TPSA) is 88.6 Å². The van der Waals surface area contributed by atoms with Crippen LogP contribution in [0.25, 0.3) is 17.3 Å². The van der Waals surface area contributed by atoms with Crippen molar-refractivity contribution in [3.63, 3.8) is 0 Å². The number of hydrogen-bond donors (Lipinski definition) is 2. The van der Waals surface area contributed by atoms with Crippen LogP contribution in [0.5, 0.6) is 11.5 Å². The lowest BCUT2D eigenvalue weighted by Crippen LogP contribution is -2.22. The first kappa shape index (κ1) is 17.4. The van der Waals surface area contributed by atoms with Crippen LogP contribution < -0.4 is 14.8 Å². The molecule has 0 bridgehead atoms. The molecule has 144 valence electrons. The molecule has 3 aliphatic rings. The molecule has 5 rings (SSSR count). The van der Waals surface area contributed by atoms with Gasteiger partial charge in [0.15, 0.2) is 16.7 Å². The number of carbonyl (C=O) groups is 1. The van der Waals surface area contributed by atoms with E-state index in [1.54, 1.807) is 6.20 Å². The number of rotatable bonds is 3. The number of aromatic amines is 1. The van der Waals surface area contributed by atoms with Crippen molar-refractivity contribution >= 4 is 28.9 Å². The molecule has 7 nitrogen and oxygen atoms in total. The fourth-order valence-corrected chi connectivity index (χ4v) is 4.58. The van der Waals surface area contributed by atoms with Crippen LogP contribution in [0, 0.1) is 0 Å². The van der Waals surface area contributed by atoms with Crippen LogP contribution in [-0.2, 0) is 4.79 Å². The number of aliphatic imine (C=N–C) groups is 1. The maximum Gasteiger partial charge on any atom is 0.264 e. The van der Waals surface area contributed by atoms with Gasteiger partial charge in [-0.2, -0.15) is 5.10 Å². The predicted molar refractivity (Wildman–Crippen MR) is 108 cm³/mol. The average molecular weight is 396 g/mol. The van der Waals surface area contributed by atoms with Gasteiger partial charge in [0.05, 0.1) is 22.8 Å². The van der Waals surface area contributed by atoms with Crippen LogP contribution in [-0.4, -0.2) is 34.1 Å². The van der Waals surface area contributed by atoms with Gasteiger partial charge in [-0.15, -0.1) is 0 Å². The van der Waals surface area contributed by atoms with Crippen molar-refractivity contribution in [3.8, 4) is 22.8 Å². The van der Waals surface area contributed by atoms with E-state index in [2.05, 4.69) is 15.5 Å². The van der Waals surface area contributed by atoms with Crippen LogP contribution in [0.1, 0.15) is 37.7 Å². The Kier molecular flexibility index (Phi) is 4.56. The third-order valence-electron chi connectivity index (χ3n) is 5.14. The zero-order chi connectivity index (χ0) is 18.9. The molecule has 1 aromatic carbocycles. The smallest absolute Gasteiger partial charge is 0.264 e. The summed E-state index contributed by atoms with van der Waals surface area (Å²) in [5, 5.41) is 10.8. The summed E-state index contributed by atoms with van der Waals surface area (Å²) in [6, 6.07) is 6.06. The van der Waals surface area contributed by atoms with Crippen LogP contribution in [0.3, 0.4) is 0 Å². The van der Waals surface area contributed by atoms with Gasteiger partial charge in [-0.05, 0) is 48.9 Å². The minimum atomic E-state index is -0.114. The highest BCUT2D eigenvalue weighted by atomic mass is 32.2. The first-order chi connectivity index (χ1) is 13.8. The van der Waals surface area contributed by atoms with E-state index in [4.69, 9.17) is 14.5 Å². The normalized spacial score (nSPS) is 22.2. The van der Waals surface area contributed by atoms with Gasteiger partial charge >= 0.3 is 0 Å². The van der Waals surface area contributed by atoms with Crippen LogP contribution in [0.15, 0.2) is 34.3 Å². The second-order valence-electron chi connectivity index (χ2n) is 7.06. The fraction of sp³-hybridized carbons (Fsp3) is 0.350. The van der Waals surface area contributed by atoms with Gasteiger partial charge in [-0.3, -0.25) is 14.9 Å². The summed E-state index contributed by atoms with van der Waals surface area (Å²) in [6.45, 7) is 0.235.